The van der Waals surface area contributed by atoms with Crippen molar-refractivity contribution >= 4 is 5.97 Å². The van der Waals surface area contributed by atoms with Gasteiger partial charge in [0, 0.05) is 31.1 Å². The second kappa shape index (κ2) is 7.45. The van der Waals surface area contributed by atoms with Crippen LogP contribution < -0.4 is 0 Å². The third-order valence-corrected chi connectivity index (χ3v) is 5.08. The van der Waals surface area contributed by atoms with E-state index in [0.717, 1.165) is 58.5 Å². The predicted octanol–water partition coefficient (Wildman–Crippen LogP) is 2.86. The Morgan fingerprint density at radius 2 is 2.09 bits per heavy atom. The fourth-order valence-electron chi connectivity index (χ4n) is 3.62. The number of carbonyl (C=O) groups is 1. The molecule has 0 amide bonds. The van der Waals surface area contributed by atoms with Crippen LogP contribution in [0, 0.1) is 5.92 Å². The van der Waals surface area contributed by atoms with Gasteiger partial charge in [-0.25, -0.2) is 4.79 Å². The Morgan fingerprint density at radius 3 is 2.87 bits per heavy atom. The minimum atomic E-state index is -0.220. The van der Waals surface area contributed by atoms with Gasteiger partial charge in [-0.15, -0.1) is 0 Å². The number of rotatable bonds is 2. The summed E-state index contributed by atoms with van der Waals surface area (Å²) in [5, 5.41) is 0. The van der Waals surface area contributed by atoms with Crippen LogP contribution in [0.3, 0.4) is 0 Å². The van der Waals surface area contributed by atoms with E-state index in [0.29, 0.717) is 5.57 Å². The molecule has 0 radical (unpaired) electrons. The summed E-state index contributed by atoms with van der Waals surface area (Å²) < 4.78 is 10.9. The molecule has 0 bridgehead atoms. The quantitative estimate of drug-likeness (QED) is 0.446. The fraction of sp³-hybridized carbons (Fsp3) is 0.632. The Bertz CT molecular complexity index is 529. The molecule has 3 rings (SSSR count). The molecule has 0 aromatic heterocycles. The largest absolute Gasteiger partial charge is 0.454 e. The van der Waals surface area contributed by atoms with E-state index in [1.807, 2.05) is 0 Å². The molecular weight excluding hydrogens is 290 g/mol. The van der Waals surface area contributed by atoms with Gasteiger partial charge in [-0.2, -0.15) is 0 Å². The normalized spacial score (nSPS) is 34.8. The minimum Gasteiger partial charge on any atom is -0.454 e. The van der Waals surface area contributed by atoms with Gasteiger partial charge in [-0.3, -0.25) is 4.90 Å². The summed E-state index contributed by atoms with van der Waals surface area (Å²) >= 11 is 0. The summed E-state index contributed by atoms with van der Waals surface area (Å²) in [6, 6.07) is 0. The van der Waals surface area contributed by atoms with Crippen molar-refractivity contribution in [1.29, 1.82) is 0 Å². The Morgan fingerprint density at radius 1 is 1.30 bits per heavy atom. The van der Waals surface area contributed by atoms with E-state index in [1.165, 1.54) is 11.1 Å². The lowest BCUT2D eigenvalue weighted by Crippen LogP contribution is -2.37. The van der Waals surface area contributed by atoms with E-state index in [1.54, 1.807) is 0 Å². The summed E-state index contributed by atoms with van der Waals surface area (Å²) in [4.78, 5) is 14.3. The van der Waals surface area contributed by atoms with Gasteiger partial charge in [0.05, 0.1) is 13.2 Å². The van der Waals surface area contributed by atoms with Crippen LogP contribution in [0.1, 0.15) is 32.6 Å². The van der Waals surface area contributed by atoms with Gasteiger partial charge >= 0.3 is 5.97 Å². The van der Waals surface area contributed by atoms with E-state index in [2.05, 4.69) is 30.6 Å². The van der Waals surface area contributed by atoms with Crippen LogP contribution in [0.15, 0.2) is 35.5 Å². The van der Waals surface area contributed by atoms with Crippen LogP contribution >= 0.6 is 0 Å². The lowest BCUT2D eigenvalue weighted by atomic mass is 9.87. The molecule has 2 saturated heterocycles. The highest BCUT2D eigenvalue weighted by molar-refractivity contribution is 5.91. The second-order valence-corrected chi connectivity index (χ2v) is 6.84. The number of ether oxygens (including phenoxy) is 2. The average molecular weight is 317 g/mol. The van der Waals surface area contributed by atoms with Crippen molar-refractivity contribution in [3.8, 4) is 0 Å². The molecule has 1 aliphatic carbocycles. The number of hydrogen-bond donors (Lipinski definition) is 0. The van der Waals surface area contributed by atoms with Crippen molar-refractivity contribution in [2.75, 3.05) is 32.8 Å². The molecule has 0 saturated carbocycles. The van der Waals surface area contributed by atoms with Gasteiger partial charge in [0.2, 0.25) is 0 Å². The fourth-order valence-corrected chi connectivity index (χ4v) is 3.62. The lowest BCUT2D eigenvalue weighted by Gasteiger charge is -2.28. The summed E-state index contributed by atoms with van der Waals surface area (Å²) in [5.74, 6) is -0.0920. The van der Waals surface area contributed by atoms with Crippen LogP contribution in [0.5, 0.6) is 0 Å². The maximum absolute atomic E-state index is 11.9. The lowest BCUT2D eigenvalue weighted by molar-refractivity contribution is -0.137. The zero-order chi connectivity index (χ0) is 16.2. The smallest absolute Gasteiger partial charge is 0.334 e. The van der Waals surface area contributed by atoms with Gasteiger partial charge in [-0.05, 0) is 38.7 Å². The second-order valence-electron chi connectivity index (χ2n) is 6.84. The molecule has 2 atom stereocenters. The first-order valence-electron chi connectivity index (χ1n) is 8.68. The first-order chi connectivity index (χ1) is 11.1. The van der Waals surface area contributed by atoms with Crippen LogP contribution in [-0.4, -0.2) is 49.8 Å². The highest BCUT2D eigenvalue weighted by Gasteiger charge is 2.37. The van der Waals surface area contributed by atoms with E-state index >= 15 is 0 Å². The SMILES string of the molecule is C=C1C(=O)O[C@@H]2/C=C(\C)CC/C=C(/CN3CCOCC3)CC[C@@H]12. The van der Waals surface area contributed by atoms with Crippen molar-refractivity contribution in [1.82, 2.24) is 4.90 Å². The van der Waals surface area contributed by atoms with Gasteiger partial charge in [0.15, 0.2) is 0 Å². The summed E-state index contributed by atoms with van der Waals surface area (Å²) in [6.45, 7) is 10.8. The van der Waals surface area contributed by atoms with Crippen LogP contribution in [0.2, 0.25) is 0 Å². The monoisotopic (exact) mass is 317 g/mol. The molecule has 0 N–H and O–H groups in total. The minimum absolute atomic E-state index is 0.113. The Labute approximate surface area is 138 Å². The molecule has 2 fully saturated rings. The average Bonchev–Trinajstić information content (AvgIpc) is 2.80. The number of carbonyl (C=O) groups excluding carboxylic acids is 1. The molecule has 4 heteroatoms. The first-order valence-corrected chi connectivity index (χ1v) is 8.68. The Kier molecular flexibility index (Phi) is 5.34. The molecule has 0 unspecified atom stereocenters. The standard InChI is InChI=1S/C19H27NO3/c1-14-4-3-5-16(13-20-8-10-22-11-9-20)6-7-17-15(2)19(21)23-18(17)12-14/h5,12,17-18H,2-4,6-11,13H2,1H3/b14-12+,16-5+/t17-,18+/m0/s1. The topological polar surface area (TPSA) is 38.8 Å². The van der Waals surface area contributed by atoms with Gasteiger partial charge in [0.1, 0.15) is 6.10 Å². The maximum atomic E-state index is 11.9. The van der Waals surface area contributed by atoms with E-state index < -0.39 is 0 Å². The molecule has 126 valence electrons. The highest BCUT2D eigenvalue weighted by atomic mass is 16.5. The molecular formula is C19H27NO3. The van der Waals surface area contributed by atoms with Gasteiger partial charge < -0.3 is 9.47 Å². The number of nitrogens with zero attached hydrogens (tertiary/aromatic N) is 1. The Hall–Kier alpha value is -1.39. The van der Waals surface area contributed by atoms with Gasteiger partial charge in [-0.1, -0.05) is 23.8 Å². The zero-order valence-electron chi connectivity index (χ0n) is 14.1. The van der Waals surface area contributed by atoms with Crippen LogP contribution in [0.25, 0.3) is 0 Å². The predicted molar refractivity (Wildman–Crippen MR) is 90.1 cm³/mol. The van der Waals surface area contributed by atoms with Crippen molar-refractivity contribution in [2.45, 2.75) is 38.7 Å². The third-order valence-electron chi connectivity index (χ3n) is 5.08. The number of hydrogen-bond acceptors (Lipinski definition) is 4. The molecule has 0 spiro atoms. The van der Waals surface area contributed by atoms with E-state index in [4.69, 9.17) is 9.47 Å². The van der Waals surface area contributed by atoms with Crippen molar-refractivity contribution in [3.05, 3.63) is 35.5 Å². The molecule has 2 aliphatic heterocycles. The summed E-state index contributed by atoms with van der Waals surface area (Å²) in [5.41, 5.74) is 3.42. The zero-order valence-corrected chi connectivity index (χ0v) is 14.1. The number of esters is 1. The highest BCUT2D eigenvalue weighted by Crippen LogP contribution is 2.34. The first kappa shape index (κ1) is 16.5. The molecule has 23 heavy (non-hydrogen) atoms. The molecule has 0 aromatic rings. The Balaban J connectivity index is 1.70. The molecule has 3 aliphatic rings. The summed E-state index contributed by atoms with van der Waals surface area (Å²) in [7, 11) is 0. The number of morpholine rings is 1. The van der Waals surface area contributed by atoms with Crippen molar-refractivity contribution < 1.29 is 14.3 Å². The maximum Gasteiger partial charge on any atom is 0.334 e. The molecule has 4 nitrogen and oxygen atoms in total. The van der Waals surface area contributed by atoms with Crippen molar-refractivity contribution in [3.63, 3.8) is 0 Å². The van der Waals surface area contributed by atoms with E-state index in [9.17, 15) is 4.79 Å². The van der Waals surface area contributed by atoms with Crippen LogP contribution in [-0.2, 0) is 14.3 Å². The number of fused-ring (bicyclic) bond motifs is 1. The van der Waals surface area contributed by atoms with Crippen LogP contribution in [0.4, 0.5) is 0 Å². The molecule has 0 aromatic carbocycles. The third kappa shape index (κ3) is 4.12. The van der Waals surface area contributed by atoms with E-state index in [-0.39, 0.29) is 18.0 Å². The van der Waals surface area contributed by atoms with Crippen molar-refractivity contribution in [2.24, 2.45) is 5.92 Å². The molecule has 2 heterocycles. The summed E-state index contributed by atoms with van der Waals surface area (Å²) in [6.07, 6.45) is 8.46. The van der Waals surface area contributed by atoms with Gasteiger partial charge in [0.25, 0.3) is 0 Å². The number of allylic oxidation sites excluding steroid dienone is 2.